The number of carboxylic acid groups (broad SMARTS) is 1. The molecule has 0 spiro atoms. The Labute approximate surface area is 197 Å². The molecule has 0 saturated carbocycles. The Bertz CT molecular complexity index is 1040. The number of aliphatic hydroxyl groups is 1. The van der Waals surface area contributed by atoms with Gasteiger partial charge in [0.15, 0.2) is 5.54 Å². The van der Waals surface area contributed by atoms with E-state index in [2.05, 4.69) is 22.8 Å². The molecule has 9 nitrogen and oxygen atoms in total. The van der Waals surface area contributed by atoms with Crippen molar-refractivity contribution >= 4 is 18.0 Å². The summed E-state index contributed by atoms with van der Waals surface area (Å²) in [5.41, 5.74) is 2.77. The normalized spacial score (nSPS) is 20.6. The standard InChI is InChI=1S/C25H28N2O7/c1-25(14-28,23(30)31)27-22(29)21-11-10-15(34-21)12-26-24(32)33-13-20-18-8-4-2-6-16(18)17-7-3-5-9-19(17)20/h2-9,15,20-21,28H,10-14H2,1H3,(H,26,32)(H,27,29)(H,30,31). The second kappa shape index (κ2) is 9.82. The Kier molecular flexibility index (Phi) is 6.85. The van der Waals surface area contributed by atoms with E-state index in [1.54, 1.807) is 0 Å². The summed E-state index contributed by atoms with van der Waals surface area (Å²) < 4.78 is 11.2. The summed E-state index contributed by atoms with van der Waals surface area (Å²) in [6.07, 6.45) is -0.924. The van der Waals surface area contributed by atoms with Crippen molar-refractivity contribution in [3.05, 3.63) is 59.7 Å². The summed E-state index contributed by atoms with van der Waals surface area (Å²) in [4.78, 5) is 35.9. The minimum atomic E-state index is -1.78. The SMILES string of the molecule is CC(CO)(NC(=O)C1CCC(CNC(=O)OCC2c3ccccc3-c3ccccc32)O1)C(=O)O. The van der Waals surface area contributed by atoms with Gasteiger partial charge in [-0.2, -0.15) is 0 Å². The van der Waals surface area contributed by atoms with Crippen LogP contribution in [0.1, 0.15) is 36.8 Å². The Hall–Kier alpha value is -3.43. The fourth-order valence-electron chi connectivity index (χ4n) is 4.41. The zero-order valence-corrected chi connectivity index (χ0v) is 18.8. The van der Waals surface area contributed by atoms with E-state index in [0.717, 1.165) is 22.3 Å². The summed E-state index contributed by atoms with van der Waals surface area (Å²) in [6, 6.07) is 16.2. The molecule has 1 saturated heterocycles. The van der Waals surface area contributed by atoms with Crippen molar-refractivity contribution in [3.63, 3.8) is 0 Å². The predicted molar refractivity (Wildman–Crippen MR) is 122 cm³/mol. The number of aliphatic hydroxyl groups excluding tert-OH is 1. The van der Waals surface area contributed by atoms with Gasteiger partial charge in [-0.15, -0.1) is 0 Å². The highest BCUT2D eigenvalue weighted by molar-refractivity contribution is 5.89. The number of carbonyl (C=O) groups excluding carboxylic acids is 2. The highest BCUT2D eigenvalue weighted by Crippen LogP contribution is 2.44. The van der Waals surface area contributed by atoms with E-state index < -0.39 is 42.3 Å². The molecule has 3 atom stereocenters. The zero-order chi connectivity index (χ0) is 24.3. The van der Waals surface area contributed by atoms with Gasteiger partial charge in [0.25, 0.3) is 0 Å². The highest BCUT2D eigenvalue weighted by Gasteiger charge is 2.39. The maximum atomic E-state index is 12.3. The molecular formula is C25H28N2O7. The van der Waals surface area contributed by atoms with Gasteiger partial charge < -0.3 is 30.3 Å². The van der Waals surface area contributed by atoms with E-state index in [0.29, 0.717) is 12.8 Å². The van der Waals surface area contributed by atoms with Crippen molar-refractivity contribution in [1.29, 1.82) is 0 Å². The van der Waals surface area contributed by atoms with Crippen molar-refractivity contribution in [1.82, 2.24) is 10.6 Å². The van der Waals surface area contributed by atoms with Gasteiger partial charge in [-0.25, -0.2) is 9.59 Å². The number of rotatable bonds is 8. The molecule has 1 fully saturated rings. The first kappa shape index (κ1) is 23.7. The lowest BCUT2D eigenvalue weighted by atomic mass is 9.98. The van der Waals surface area contributed by atoms with Crippen LogP contribution in [0.2, 0.25) is 0 Å². The topological polar surface area (TPSA) is 134 Å². The van der Waals surface area contributed by atoms with Crippen molar-refractivity contribution in [2.24, 2.45) is 0 Å². The second-order valence-corrected chi connectivity index (χ2v) is 8.82. The number of nitrogens with one attached hydrogen (secondary N) is 2. The average molecular weight is 469 g/mol. The number of amides is 2. The minimum Gasteiger partial charge on any atom is -0.479 e. The zero-order valence-electron chi connectivity index (χ0n) is 18.8. The van der Waals surface area contributed by atoms with Crippen LogP contribution in [0.15, 0.2) is 48.5 Å². The monoisotopic (exact) mass is 468 g/mol. The summed E-state index contributed by atoms with van der Waals surface area (Å²) in [5.74, 6) is -1.98. The molecule has 180 valence electrons. The van der Waals surface area contributed by atoms with Gasteiger partial charge in [-0.3, -0.25) is 4.79 Å². The number of carboxylic acids is 1. The number of hydrogen-bond acceptors (Lipinski definition) is 6. The fourth-order valence-corrected chi connectivity index (χ4v) is 4.41. The van der Waals surface area contributed by atoms with Gasteiger partial charge in [-0.1, -0.05) is 48.5 Å². The summed E-state index contributed by atoms with van der Waals surface area (Å²) >= 11 is 0. The van der Waals surface area contributed by atoms with E-state index in [-0.39, 0.29) is 19.1 Å². The van der Waals surface area contributed by atoms with Crippen molar-refractivity contribution in [2.45, 2.75) is 43.4 Å². The number of ether oxygens (including phenoxy) is 2. The molecule has 4 N–H and O–H groups in total. The third-order valence-corrected chi connectivity index (χ3v) is 6.41. The molecule has 2 aromatic rings. The fraction of sp³-hybridized carbons (Fsp3) is 0.400. The molecule has 1 aliphatic carbocycles. The molecule has 4 rings (SSSR count). The Balaban J connectivity index is 1.26. The van der Waals surface area contributed by atoms with Crippen LogP contribution in [0, 0.1) is 0 Å². The molecule has 34 heavy (non-hydrogen) atoms. The quantitative estimate of drug-likeness (QED) is 0.466. The van der Waals surface area contributed by atoms with Gasteiger partial charge in [0, 0.05) is 12.5 Å². The van der Waals surface area contributed by atoms with Crippen LogP contribution < -0.4 is 10.6 Å². The van der Waals surface area contributed by atoms with Gasteiger partial charge in [0.05, 0.1) is 12.7 Å². The third kappa shape index (κ3) is 4.76. The first-order valence-corrected chi connectivity index (χ1v) is 11.2. The summed E-state index contributed by atoms with van der Waals surface area (Å²) in [5, 5.41) is 23.5. The number of benzene rings is 2. The van der Waals surface area contributed by atoms with Gasteiger partial charge >= 0.3 is 12.1 Å². The molecule has 1 aliphatic heterocycles. The smallest absolute Gasteiger partial charge is 0.407 e. The number of fused-ring (bicyclic) bond motifs is 3. The molecule has 2 aliphatic rings. The van der Waals surface area contributed by atoms with Crippen molar-refractivity contribution in [3.8, 4) is 11.1 Å². The van der Waals surface area contributed by atoms with Crippen LogP contribution in [0.4, 0.5) is 4.79 Å². The van der Waals surface area contributed by atoms with Crippen LogP contribution in [-0.2, 0) is 19.1 Å². The molecule has 0 bridgehead atoms. The highest BCUT2D eigenvalue weighted by atomic mass is 16.6. The first-order valence-electron chi connectivity index (χ1n) is 11.2. The van der Waals surface area contributed by atoms with E-state index in [1.807, 2.05) is 36.4 Å². The van der Waals surface area contributed by atoms with Crippen LogP contribution in [0.3, 0.4) is 0 Å². The van der Waals surface area contributed by atoms with E-state index in [1.165, 1.54) is 6.92 Å². The Morgan fingerprint density at radius 1 is 1.06 bits per heavy atom. The van der Waals surface area contributed by atoms with Crippen LogP contribution in [0.5, 0.6) is 0 Å². The van der Waals surface area contributed by atoms with Crippen LogP contribution in [0.25, 0.3) is 11.1 Å². The van der Waals surface area contributed by atoms with Crippen LogP contribution in [-0.4, -0.2) is 65.7 Å². The van der Waals surface area contributed by atoms with Gasteiger partial charge in [0.1, 0.15) is 12.7 Å². The molecular weight excluding hydrogens is 440 g/mol. The minimum absolute atomic E-state index is 0.0379. The molecule has 9 heteroatoms. The maximum Gasteiger partial charge on any atom is 0.407 e. The number of hydrogen-bond donors (Lipinski definition) is 4. The maximum absolute atomic E-state index is 12.3. The predicted octanol–water partition coefficient (Wildman–Crippen LogP) is 2.02. The van der Waals surface area contributed by atoms with E-state index >= 15 is 0 Å². The molecule has 3 unspecified atom stereocenters. The first-order chi connectivity index (χ1) is 16.3. The van der Waals surface area contributed by atoms with Gasteiger partial charge in [0.2, 0.25) is 5.91 Å². The van der Waals surface area contributed by atoms with Crippen molar-refractivity contribution < 1.29 is 34.1 Å². The largest absolute Gasteiger partial charge is 0.479 e. The lowest BCUT2D eigenvalue weighted by Gasteiger charge is -2.25. The number of alkyl carbamates (subject to hydrolysis) is 1. The summed E-state index contributed by atoms with van der Waals surface area (Å²) in [7, 11) is 0. The third-order valence-electron chi connectivity index (χ3n) is 6.41. The Morgan fingerprint density at radius 3 is 2.26 bits per heavy atom. The average Bonchev–Trinajstić information content (AvgIpc) is 3.44. The lowest BCUT2D eigenvalue weighted by molar-refractivity contribution is -0.150. The van der Waals surface area contributed by atoms with E-state index in [4.69, 9.17) is 9.47 Å². The molecule has 2 aromatic carbocycles. The molecule has 0 radical (unpaired) electrons. The summed E-state index contributed by atoms with van der Waals surface area (Å²) in [6.45, 7) is 0.841. The lowest BCUT2D eigenvalue weighted by Crippen LogP contribution is -2.57. The molecule has 2 amide bonds. The molecule has 0 aromatic heterocycles. The Morgan fingerprint density at radius 2 is 1.68 bits per heavy atom. The van der Waals surface area contributed by atoms with Crippen molar-refractivity contribution in [2.75, 3.05) is 19.8 Å². The molecule has 1 heterocycles. The number of aliphatic carboxylic acids is 1. The van der Waals surface area contributed by atoms with E-state index in [9.17, 15) is 24.6 Å². The van der Waals surface area contributed by atoms with Gasteiger partial charge in [-0.05, 0) is 42.0 Å². The number of carbonyl (C=O) groups is 3. The van der Waals surface area contributed by atoms with Crippen LogP contribution >= 0.6 is 0 Å². The second-order valence-electron chi connectivity index (χ2n) is 8.82.